The number of aromatic nitrogens is 3. The van der Waals surface area contributed by atoms with Gasteiger partial charge in [0.1, 0.15) is 5.69 Å². The molecule has 0 unspecified atom stereocenters. The average Bonchev–Trinajstić information content (AvgIpc) is 2.71. The summed E-state index contributed by atoms with van der Waals surface area (Å²) in [5.74, 6) is 5.25. The number of hydrogen-bond donors (Lipinski definition) is 1. The van der Waals surface area contributed by atoms with E-state index in [1.54, 1.807) is 4.68 Å². The van der Waals surface area contributed by atoms with Crippen molar-refractivity contribution >= 4 is 21.6 Å². The van der Waals surface area contributed by atoms with E-state index >= 15 is 0 Å². The van der Waals surface area contributed by atoms with E-state index in [9.17, 15) is 0 Å². The third-order valence-corrected chi connectivity index (χ3v) is 3.03. The van der Waals surface area contributed by atoms with Crippen LogP contribution in [0.2, 0.25) is 0 Å². The summed E-state index contributed by atoms with van der Waals surface area (Å²) in [6.45, 7) is 3.75. The molecule has 0 spiro atoms. The largest absolute Gasteiger partial charge is 0.323 e. The van der Waals surface area contributed by atoms with E-state index in [1.165, 1.54) is 0 Å². The molecule has 0 amide bonds. The van der Waals surface area contributed by atoms with E-state index in [0.717, 1.165) is 21.5 Å². The zero-order valence-corrected chi connectivity index (χ0v) is 11.1. The summed E-state index contributed by atoms with van der Waals surface area (Å²) in [6.07, 6.45) is 0. The van der Waals surface area contributed by atoms with Gasteiger partial charge in [-0.15, -0.1) is 5.10 Å². The van der Waals surface area contributed by atoms with Crippen LogP contribution in [-0.4, -0.2) is 20.7 Å². The van der Waals surface area contributed by atoms with Crippen LogP contribution in [0.15, 0.2) is 33.8 Å². The summed E-state index contributed by atoms with van der Waals surface area (Å²) >= 11 is 3.40. The summed E-state index contributed by atoms with van der Waals surface area (Å²) in [6, 6.07) is 7.84. The molecule has 0 radical (unpaired) electrons. The lowest BCUT2D eigenvalue weighted by Gasteiger charge is -2.03. The van der Waals surface area contributed by atoms with Crippen molar-refractivity contribution in [3.05, 3.63) is 40.1 Å². The Morgan fingerprint density at radius 1 is 1.35 bits per heavy atom. The van der Waals surface area contributed by atoms with Crippen molar-refractivity contribution in [1.82, 2.24) is 15.0 Å². The lowest BCUT2D eigenvalue weighted by molar-refractivity contribution is 0.785. The molecule has 0 aliphatic heterocycles. The van der Waals surface area contributed by atoms with Crippen molar-refractivity contribution in [2.45, 2.75) is 13.8 Å². The van der Waals surface area contributed by atoms with Crippen molar-refractivity contribution in [2.24, 2.45) is 10.9 Å². The molecule has 0 saturated heterocycles. The quantitative estimate of drug-likeness (QED) is 0.523. The van der Waals surface area contributed by atoms with Crippen LogP contribution in [0.5, 0.6) is 0 Å². The summed E-state index contributed by atoms with van der Waals surface area (Å²) < 4.78 is 2.79. The van der Waals surface area contributed by atoms with Crippen molar-refractivity contribution in [3.63, 3.8) is 0 Å². The Labute approximate surface area is 107 Å². The van der Waals surface area contributed by atoms with E-state index < -0.39 is 0 Å². The molecule has 2 N–H and O–H groups in total. The van der Waals surface area contributed by atoms with Gasteiger partial charge in [0.05, 0.1) is 17.1 Å². The third-order valence-electron chi connectivity index (χ3n) is 2.50. The summed E-state index contributed by atoms with van der Waals surface area (Å²) in [7, 11) is 0. The predicted octanol–water partition coefficient (Wildman–Crippen LogP) is 2.02. The zero-order valence-electron chi connectivity index (χ0n) is 9.55. The zero-order chi connectivity index (χ0) is 12.4. The Morgan fingerprint density at radius 3 is 2.59 bits per heavy atom. The number of hydrogen-bond acceptors (Lipinski definition) is 4. The normalized spacial score (nSPS) is 11.8. The molecule has 1 heterocycles. The average molecular weight is 294 g/mol. The van der Waals surface area contributed by atoms with Crippen LogP contribution in [0.1, 0.15) is 18.3 Å². The molecule has 5 nitrogen and oxygen atoms in total. The first kappa shape index (κ1) is 11.8. The van der Waals surface area contributed by atoms with Crippen LogP contribution in [0.3, 0.4) is 0 Å². The van der Waals surface area contributed by atoms with Gasteiger partial charge in [-0.05, 0) is 38.1 Å². The van der Waals surface area contributed by atoms with Crippen molar-refractivity contribution in [3.8, 4) is 5.69 Å². The third kappa shape index (κ3) is 2.21. The highest BCUT2D eigenvalue weighted by Crippen LogP contribution is 2.16. The molecule has 0 aliphatic carbocycles. The van der Waals surface area contributed by atoms with Gasteiger partial charge >= 0.3 is 0 Å². The summed E-state index contributed by atoms with van der Waals surface area (Å²) in [5.41, 5.74) is 3.26. The fourth-order valence-electron chi connectivity index (χ4n) is 1.55. The Bertz CT molecular complexity index is 556. The molecule has 88 valence electrons. The van der Waals surface area contributed by atoms with Gasteiger partial charge in [0.25, 0.3) is 0 Å². The first-order valence-corrected chi connectivity index (χ1v) is 5.86. The van der Waals surface area contributed by atoms with E-state index in [4.69, 9.17) is 5.84 Å². The lowest BCUT2D eigenvalue weighted by Crippen LogP contribution is -2.03. The fraction of sp³-hybridized carbons (Fsp3) is 0.182. The van der Waals surface area contributed by atoms with E-state index in [1.807, 2.05) is 38.1 Å². The van der Waals surface area contributed by atoms with Gasteiger partial charge in [-0.2, -0.15) is 5.10 Å². The minimum absolute atomic E-state index is 0.672. The second kappa shape index (κ2) is 4.67. The molecular weight excluding hydrogens is 282 g/mol. The number of benzene rings is 1. The molecule has 0 saturated carbocycles. The Morgan fingerprint density at radius 2 is 2.00 bits per heavy atom. The number of rotatable bonds is 2. The van der Waals surface area contributed by atoms with Gasteiger partial charge in [-0.1, -0.05) is 21.1 Å². The van der Waals surface area contributed by atoms with Crippen LogP contribution in [0.25, 0.3) is 5.69 Å². The van der Waals surface area contributed by atoms with Gasteiger partial charge in [0, 0.05) is 4.47 Å². The van der Waals surface area contributed by atoms with E-state index in [2.05, 4.69) is 31.3 Å². The van der Waals surface area contributed by atoms with Crippen molar-refractivity contribution < 1.29 is 0 Å². The second-order valence-corrected chi connectivity index (χ2v) is 4.54. The maximum Gasteiger partial charge on any atom is 0.132 e. The molecule has 0 atom stereocenters. The molecule has 0 fully saturated rings. The molecule has 17 heavy (non-hydrogen) atoms. The van der Waals surface area contributed by atoms with Crippen LogP contribution < -0.4 is 5.84 Å². The lowest BCUT2D eigenvalue weighted by atomic mass is 10.2. The first-order valence-electron chi connectivity index (χ1n) is 5.06. The molecule has 0 aliphatic rings. The van der Waals surface area contributed by atoms with E-state index in [-0.39, 0.29) is 0 Å². The molecule has 6 heteroatoms. The number of nitrogens with two attached hydrogens (primary N) is 1. The van der Waals surface area contributed by atoms with Crippen molar-refractivity contribution in [1.29, 1.82) is 0 Å². The highest BCUT2D eigenvalue weighted by atomic mass is 79.9. The molecule has 0 bridgehead atoms. The predicted molar refractivity (Wildman–Crippen MR) is 70.2 cm³/mol. The van der Waals surface area contributed by atoms with Gasteiger partial charge in [0.2, 0.25) is 0 Å². The van der Waals surface area contributed by atoms with E-state index in [0.29, 0.717) is 5.71 Å². The summed E-state index contributed by atoms with van der Waals surface area (Å²) in [4.78, 5) is 0. The second-order valence-electron chi connectivity index (χ2n) is 3.63. The van der Waals surface area contributed by atoms with Crippen molar-refractivity contribution in [2.75, 3.05) is 0 Å². The fourth-order valence-corrected chi connectivity index (χ4v) is 1.82. The minimum atomic E-state index is 0.672. The van der Waals surface area contributed by atoms with Crippen LogP contribution in [0.4, 0.5) is 0 Å². The minimum Gasteiger partial charge on any atom is -0.323 e. The Balaban J connectivity index is 2.47. The maximum atomic E-state index is 5.25. The van der Waals surface area contributed by atoms with Crippen LogP contribution in [0, 0.1) is 6.92 Å². The van der Waals surface area contributed by atoms with Gasteiger partial charge in [0.15, 0.2) is 0 Å². The standard InChI is InChI=1S/C11H12BrN5/c1-7(14-13)11-8(2)17(16-15-11)10-5-3-9(12)4-6-10/h3-6H,13H2,1-2H3/b14-7-. The van der Waals surface area contributed by atoms with Gasteiger partial charge in [-0.25, -0.2) is 4.68 Å². The monoisotopic (exact) mass is 293 g/mol. The highest BCUT2D eigenvalue weighted by molar-refractivity contribution is 9.10. The molecular formula is C11H12BrN5. The Kier molecular flexibility index (Phi) is 3.23. The number of halogens is 1. The Hall–Kier alpha value is -1.69. The van der Waals surface area contributed by atoms with Gasteiger partial charge in [-0.3, -0.25) is 0 Å². The maximum absolute atomic E-state index is 5.25. The number of hydrazone groups is 1. The SMILES string of the molecule is C/C(=N/N)c1nnn(-c2ccc(Br)cc2)c1C. The summed E-state index contributed by atoms with van der Waals surface area (Å²) in [5, 5.41) is 11.8. The van der Waals surface area contributed by atoms with Gasteiger partial charge < -0.3 is 5.84 Å². The smallest absolute Gasteiger partial charge is 0.132 e. The van der Waals surface area contributed by atoms with Crippen LogP contribution >= 0.6 is 15.9 Å². The highest BCUT2D eigenvalue weighted by Gasteiger charge is 2.12. The molecule has 2 rings (SSSR count). The molecule has 2 aromatic rings. The van der Waals surface area contributed by atoms with Crippen LogP contribution in [-0.2, 0) is 0 Å². The first-order chi connectivity index (χ1) is 8.13. The topological polar surface area (TPSA) is 69.1 Å². The molecule has 1 aromatic heterocycles. The number of nitrogens with zero attached hydrogens (tertiary/aromatic N) is 4. The molecule has 1 aromatic carbocycles.